The summed E-state index contributed by atoms with van der Waals surface area (Å²) in [5.74, 6) is 1.37. The molecule has 0 unspecified atom stereocenters. The summed E-state index contributed by atoms with van der Waals surface area (Å²) < 4.78 is 10.9. The fourth-order valence-electron chi connectivity index (χ4n) is 2.40. The molecule has 26 heavy (non-hydrogen) atoms. The normalized spacial score (nSPS) is 9.92. The quantitative estimate of drug-likeness (QED) is 0.493. The smallest absolute Gasteiger partial charge is 0.248 e. The van der Waals surface area contributed by atoms with E-state index in [1.807, 2.05) is 58.9 Å². The molecule has 0 aliphatic carbocycles. The molecule has 0 amide bonds. The molecular weight excluding hydrogens is 328 g/mol. The van der Waals surface area contributed by atoms with Crippen molar-refractivity contribution in [2.75, 3.05) is 7.11 Å². The Labute approximate surface area is 153 Å². The Hall–Kier alpha value is -3.02. The molecular formula is C20H24N4O2. The molecule has 6 nitrogen and oxygen atoms in total. The van der Waals surface area contributed by atoms with Crippen LogP contribution >= 0.6 is 0 Å². The first-order valence-electron chi connectivity index (χ1n) is 8.78. The van der Waals surface area contributed by atoms with Crippen LogP contribution in [0.25, 0.3) is 33.7 Å². The maximum atomic E-state index is 5.70. The predicted octanol–water partition coefficient (Wildman–Crippen LogP) is 5.20. The Kier molecular flexibility index (Phi) is 6.60. The third-order valence-corrected chi connectivity index (χ3v) is 3.45. The van der Waals surface area contributed by atoms with Crippen LogP contribution in [0.5, 0.6) is 5.75 Å². The van der Waals surface area contributed by atoms with Gasteiger partial charge in [-0.15, -0.1) is 0 Å². The van der Waals surface area contributed by atoms with Crippen molar-refractivity contribution in [3.8, 4) is 17.1 Å². The maximum absolute atomic E-state index is 5.70. The van der Waals surface area contributed by atoms with E-state index in [0.29, 0.717) is 28.2 Å². The molecule has 0 aliphatic heterocycles. The standard InChI is InChI=1S/C16H12N4O2.2C2H6/c1-9-14-12(13-16(22-14)18-7-6-17-13)20-15(19-9)10-4-3-5-11(8-10)21-2;2*1-2/h3-8H,1-2H3;2*1-2H3. The van der Waals surface area contributed by atoms with Crippen molar-refractivity contribution in [1.82, 2.24) is 19.9 Å². The zero-order chi connectivity index (χ0) is 19.1. The van der Waals surface area contributed by atoms with Gasteiger partial charge in [0.2, 0.25) is 5.71 Å². The third kappa shape index (κ3) is 3.64. The second-order valence-electron chi connectivity index (χ2n) is 4.85. The summed E-state index contributed by atoms with van der Waals surface area (Å²) in [6.45, 7) is 9.88. The number of hydrogen-bond donors (Lipinski definition) is 0. The Balaban J connectivity index is 0.000000570. The van der Waals surface area contributed by atoms with Gasteiger partial charge in [-0.2, -0.15) is 0 Å². The number of hydrogen-bond acceptors (Lipinski definition) is 6. The van der Waals surface area contributed by atoms with Crippen molar-refractivity contribution in [3.63, 3.8) is 0 Å². The van der Waals surface area contributed by atoms with Crippen LogP contribution in [-0.4, -0.2) is 27.0 Å². The number of ether oxygens (including phenoxy) is 1. The van der Waals surface area contributed by atoms with Crippen LogP contribution in [0.4, 0.5) is 0 Å². The second kappa shape index (κ2) is 8.89. The fourth-order valence-corrected chi connectivity index (χ4v) is 2.40. The second-order valence-corrected chi connectivity index (χ2v) is 4.85. The molecule has 0 bridgehead atoms. The van der Waals surface area contributed by atoms with Crippen LogP contribution in [0.2, 0.25) is 0 Å². The van der Waals surface area contributed by atoms with Gasteiger partial charge in [-0.05, 0) is 19.1 Å². The highest BCUT2D eigenvalue weighted by Gasteiger charge is 2.16. The minimum Gasteiger partial charge on any atom is -0.497 e. The van der Waals surface area contributed by atoms with Crippen LogP contribution in [0.1, 0.15) is 33.4 Å². The van der Waals surface area contributed by atoms with E-state index >= 15 is 0 Å². The van der Waals surface area contributed by atoms with E-state index in [2.05, 4.69) is 19.9 Å². The molecule has 4 aromatic rings. The average molecular weight is 352 g/mol. The third-order valence-electron chi connectivity index (χ3n) is 3.45. The number of rotatable bonds is 2. The van der Waals surface area contributed by atoms with Crippen molar-refractivity contribution in [2.24, 2.45) is 0 Å². The first-order valence-corrected chi connectivity index (χ1v) is 8.78. The van der Waals surface area contributed by atoms with Gasteiger partial charge in [-0.25, -0.2) is 19.9 Å². The van der Waals surface area contributed by atoms with Gasteiger partial charge >= 0.3 is 0 Å². The Morgan fingerprint density at radius 1 is 0.923 bits per heavy atom. The number of aryl methyl sites for hydroxylation is 1. The number of fused-ring (bicyclic) bond motifs is 3. The number of benzene rings is 1. The van der Waals surface area contributed by atoms with Crippen LogP contribution in [-0.2, 0) is 0 Å². The molecule has 0 spiro atoms. The molecule has 0 saturated carbocycles. The summed E-state index contributed by atoms with van der Waals surface area (Å²) in [5.41, 5.74) is 4.04. The molecule has 6 heteroatoms. The van der Waals surface area contributed by atoms with E-state index in [9.17, 15) is 0 Å². The fraction of sp³-hybridized carbons (Fsp3) is 0.300. The van der Waals surface area contributed by atoms with Crippen LogP contribution in [0.15, 0.2) is 41.1 Å². The summed E-state index contributed by atoms with van der Waals surface area (Å²) in [7, 11) is 1.63. The van der Waals surface area contributed by atoms with E-state index in [1.165, 1.54) is 0 Å². The van der Waals surface area contributed by atoms with E-state index < -0.39 is 0 Å². The molecule has 4 rings (SSSR count). The minimum absolute atomic E-state index is 0.470. The highest BCUT2D eigenvalue weighted by molar-refractivity contribution is 5.99. The van der Waals surface area contributed by atoms with Crippen molar-refractivity contribution >= 4 is 22.3 Å². The van der Waals surface area contributed by atoms with Crippen molar-refractivity contribution in [2.45, 2.75) is 34.6 Å². The summed E-state index contributed by atoms with van der Waals surface area (Å²) in [6, 6.07) is 7.63. The van der Waals surface area contributed by atoms with E-state index in [-0.39, 0.29) is 0 Å². The molecule has 136 valence electrons. The zero-order valence-corrected chi connectivity index (χ0v) is 16.1. The number of nitrogens with zero attached hydrogens (tertiary/aromatic N) is 4. The summed E-state index contributed by atoms with van der Waals surface area (Å²) in [5, 5.41) is 0. The Morgan fingerprint density at radius 3 is 2.38 bits per heavy atom. The van der Waals surface area contributed by atoms with E-state index in [1.54, 1.807) is 19.5 Å². The van der Waals surface area contributed by atoms with Gasteiger partial charge in [0, 0.05) is 18.0 Å². The van der Waals surface area contributed by atoms with Gasteiger partial charge < -0.3 is 9.15 Å². The molecule has 0 radical (unpaired) electrons. The monoisotopic (exact) mass is 352 g/mol. The molecule has 3 heterocycles. The van der Waals surface area contributed by atoms with Crippen LogP contribution in [0, 0.1) is 6.92 Å². The van der Waals surface area contributed by atoms with Gasteiger partial charge in [0.15, 0.2) is 16.9 Å². The lowest BCUT2D eigenvalue weighted by atomic mass is 10.2. The zero-order valence-electron chi connectivity index (χ0n) is 16.1. The first-order chi connectivity index (χ1) is 12.8. The first kappa shape index (κ1) is 19.3. The van der Waals surface area contributed by atoms with Crippen LogP contribution in [0.3, 0.4) is 0 Å². The number of methoxy groups -OCH3 is 1. The molecule has 0 aliphatic rings. The molecule has 3 aromatic heterocycles. The lowest BCUT2D eigenvalue weighted by Crippen LogP contribution is -1.93. The topological polar surface area (TPSA) is 73.9 Å². The van der Waals surface area contributed by atoms with E-state index in [0.717, 1.165) is 17.0 Å². The lowest BCUT2D eigenvalue weighted by Gasteiger charge is -2.04. The predicted molar refractivity (Wildman–Crippen MR) is 104 cm³/mol. The molecule has 0 atom stereocenters. The summed E-state index contributed by atoms with van der Waals surface area (Å²) >= 11 is 0. The Morgan fingerprint density at radius 2 is 1.65 bits per heavy atom. The van der Waals surface area contributed by atoms with Gasteiger partial charge in [0.1, 0.15) is 11.3 Å². The lowest BCUT2D eigenvalue weighted by molar-refractivity contribution is 0.415. The number of aromatic nitrogens is 4. The average Bonchev–Trinajstić information content (AvgIpc) is 3.10. The van der Waals surface area contributed by atoms with Gasteiger partial charge in [-0.1, -0.05) is 39.8 Å². The van der Waals surface area contributed by atoms with Crippen molar-refractivity contribution in [3.05, 3.63) is 42.4 Å². The van der Waals surface area contributed by atoms with Gasteiger partial charge in [-0.3, -0.25) is 0 Å². The summed E-state index contributed by atoms with van der Waals surface area (Å²) in [4.78, 5) is 17.6. The number of furan rings is 1. The minimum atomic E-state index is 0.470. The Bertz CT molecular complexity index is 996. The molecule has 0 N–H and O–H groups in total. The summed E-state index contributed by atoms with van der Waals surface area (Å²) in [6.07, 6.45) is 3.22. The van der Waals surface area contributed by atoms with Gasteiger partial charge in [0.05, 0.1) is 12.8 Å². The molecule has 0 fully saturated rings. The van der Waals surface area contributed by atoms with Crippen molar-refractivity contribution < 1.29 is 9.15 Å². The SMILES string of the molecule is CC.CC.COc1cccc(-c2nc(C)c3oc4nccnc4c3n2)c1. The highest BCUT2D eigenvalue weighted by atomic mass is 16.5. The maximum Gasteiger partial charge on any atom is 0.248 e. The van der Waals surface area contributed by atoms with Gasteiger partial charge in [0.25, 0.3) is 0 Å². The molecule has 0 saturated heterocycles. The van der Waals surface area contributed by atoms with Crippen LogP contribution < -0.4 is 4.74 Å². The van der Waals surface area contributed by atoms with E-state index in [4.69, 9.17) is 9.15 Å². The highest BCUT2D eigenvalue weighted by Crippen LogP contribution is 2.29. The largest absolute Gasteiger partial charge is 0.497 e. The van der Waals surface area contributed by atoms with Crippen molar-refractivity contribution in [1.29, 1.82) is 0 Å². The molecule has 1 aromatic carbocycles.